The summed E-state index contributed by atoms with van der Waals surface area (Å²) in [6.45, 7) is 4.01. The van der Waals surface area contributed by atoms with Crippen molar-refractivity contribution in [3.05, 3.63) is 29.6 Å². The van der Waals surface area contributed by atoms with Gasteiger partial charge in [0.05, 0.1) is 16.6 Å². The summed E-state index contributed by atoms with van der Waals surface area (Å²) in [5.41, 5.74) is 1.88. The Hall–Kier alpha value is -1.88. The topological polar surface area (TPSA) is 58.4 Å². The number of rotatable bonds is 2. The third-order valence-corrected chi connectivity index (χ3v) is 4.08. The van der Waals surface area contributed by atoms with Crippen molar-refractivity contribution in [3.8, 4) is 0 Å². The van der Waals surface area contributed by atoms with Gasteiger partial charge in [0.1, 0.15) is 5.82 Å². The van der Waals surface area contributed by atoms with Crippen molar-refractivity contribution in [2.75, 3.05) is 20.1 Å². The Morgan fingerprint density at radius 2 is 2.25 bits per heavy atom. The van der Waals surface area contributed by atoms with Crippen LogP contribution in [0.5, 0.6) is 0 Å². The molecule has 0 radical (unpaired) electrons. The van der Waals surface area contributed by atoms with E-state index in [9.17, 15) is 9.90 Å². The third-order valence-electron chi connectivity index (χ3n) is 4.08. The molecule has 1 aliphatic rings. The van der Waals surface area contributed by atoms with Gasteiger partial charge in [0.2, 0.25) is 0 Å². The van der Waals surface area contributed by atoms with Crippen LogP contribution in [0.4, 0.5) is 0 Å². The molecule has 2 heterocycles. The van der Waals surface area contributed by atoms with Crippen molar-refractivity contribution in [3.63, 3.8) is 0 Å². The highest BCUT2D eigenvalue weighted by atomic mass is 16.4. The van der Waals surface area contributed by atoms with Gasteiger partial charge in [-0.25, -0.2) is 9.78 Å². The Labute approximate surface area is 117 Å². The van der Waals surface area contributed by atoms with Crippen molar-refractivity contribution >= 4 is 17.0 Å². The maximum atomic E-state index is 11.5. The van der Waals surface area contributed by atoms with Crippen LogP contribution in [0.2, 0.25) is 0 Å². The quantitative estimate of drug-likeness (QED) is 0.912. The number of carboxylic acid groups (broad SMARTS) is 1. The number of benzene rings is 1. The molecular formula is C15H19N3O2. The van der Waals surface area contributed by atoms with E-state index in [0.29, 0.717) is 11.6 Å². The normalized spacial score (nSPS) is 20.4. The number of imidazole rings is 1. The zero-order chi connectivity index (χ0) is 14.3. The second kappa shape index (κ2) is 4.90. The highest BCUT2D eigenvalue weighted by Crippen LogP contribution is 2.29. The number of aromatic carboxylic acids is 1. The number of carboxylic acids is 1. The second-order valence-electron chi connectivity index (χ2n) is 5.57. The zero-order valence-corrected chi connectivity index (χ0v) is 11.8. The fourth-order valence-corrected chi connectivity index (χ4v) is 3.23. The summed E-state index contributed by atoms with van der Waals surface area (Å²) in [4.78, 5) is 18.3. The molecule has 5 heteroatoms. The Morgan fingerprint density at radius 3 is 2.95 bits per heavy atom. The fraction of sp³-hybridized carbons (Fsp3) is 0.467. The van der Waals surface area contributed by atoms with Crippen LogP contribution >= 0.6 is 0 Å². The molecule has 0 aliphatic carbocycles. The van der Waals surface area contributed by atoms with Crippen molar-refractivity contribution in [2.45, 2.75) is 25.8 Å². The highest BCUT2D eigenvalue weighted by molar-refractivity contribution is 6.01. The van der Waals surface area contributed by atoms with Gasteiger partial charge in [-0.2, -0.15) is 0 Å². The molecule has 1 aliphatic heterocycles. The number of carbonyl (C=O) groups is 1. The first kappa shape index (κ1) is 13.1. The van der Waals surface area contributed by atoms with Crippen LogP contribution in [-0.2, 0) is 0 Å². The number of fused-ring (bicyclic) bond motifs is 1. The summed E-state index contributed by atoms with van der Waals surface area (Å²) in [7, 11) is 2.11. The van der Waals surface area contributed by atoms with Crippen LogP contribution in [0.25, 0.3) is 11.0 Å². The summed E-state index contributed by atoms with van der Waals surface area (Å²) in [6.07, 6.45) is 2.21. The lowest BCUT2D eigenvalue weighted by molar-refractivity contribution is 0.0698. The minimum absolute atomic E-state index is 0.305. The van der Waals surface area contributed by atoms with E-state index in [1.165, 1.54) is 0 Å². The number of aryl methyl sites for hydroxylation is 1. The van der Waals surface area contributed by atoms with Gasteiger partial charge in [-0.05, 0) is 45.5 Å². The summed E-state index contributed by atoms with van der Waals surface area (Å²) < 4.78 is 2.12. The van der Waals surface area contributed by atoms with E-state index in [1.54, 1.807) is 12.1 Å². The lowest BCUT2D eigenvalue weighted by Gasteiger charge is -2.31. The van der Waals surface area contributed by atoms with Crippen molar-refractivity contribution < 1.29 is 9.90 Å². The molecule has 20 heavy (non-hydrogen) atoms. The van der Waals surface area contributed by atoms with Crippen LogP contribution in [0.3, 0.4) is 0 Å². The number of hydrogen-bond donors (Lipinski definition) is 1. The summed E-state index contributed by atoms with van der Waals surface area (Å²) in [6, 6.07) is 5.61. The second-order valence-corrected chi connectivity index (χ2v) is 5.57. The van der Waals surface area contributed by atoms with E-state index >= 15 is 0 Å². The molecule has 5 nitrogen and oxygen atoms in total. The van der Waals surface area contributed by atoms with Gasteiger partial charge in [0, 0.05) is 12.6 Å². The smallest absolute Gasteiger partial charge is 0.337 e. The number of piperidine rings is 1. The van der Waals surface area contributed by atoms with Crippen LogP contribution in [0.15, 0.2) is 18.2 Å². The average Bonchev–Trinajstić information content (AvgIpc) is 2.74. The monoisotopic (exact) mass is 273 g/mol. The average molecular weight is 273 g/mol. The number of aromatic nitrogens is 2. The first-order valence-corrected chi connectivity index (χ1v) is 6.97. The maximum absolute atomic E-state index is 11.5. The van der Waals surface area contributed by atoms with E-state index in [-0.39, 0.29) is 0 Å². The van der Waals surface area contributed by atoms with Crippen LogP contribution < -0.4 is 0 Å². The molecule has 0 amide bonds. The van der Waals surface area contributed by atoms with Crippen molar-refractivity contribution in [2.24, 2.45) is 0 Å². The Balaban J connectivity index is 2.18. The Bertz CT molecular complexity index is 662. The van der Waals surface area contributed by atoms with E-state index in [1.807, 2.05) is 13.0 Å². The maximum Gasteiger partial charge on any atom is 0.337 e. The number of likely N-dealkylation sites (tertiary alicyclic amines) is 1. The lowest BCUT2D eigenvalue weighted by Crippen LogP contribution is -2.34. The van der Waals surface area contributed by atoms with Gasteiger partial charge in [-0.1, -0.05) is 6.07 Å². The predicted molar refractivity (Wildman–Crippen MR) is 77.2 cm³/mol. The molecule has 0 saturated carbocycles. The molecule has 0 spiro atoms. The summed E-state index contributed by atoms with van der Waals surface area (Å²) in [5, 5.41) is 9.42. The number of likely N-dealkylation sites (N-methyl/N-ethyl adjacent to an activating group) is 1. The molecular weight excluding hydrogens is 254 g/mol. The van der Waals surface area contributed by atoms with Gasteiger partial charge in [0.25, 0.3) is 0 Å². The molecule has 0 bridgehead atoms. The van der Waals surface area contributed by atoms with E-state index in [4.69, 9.17) is 0 Å². The first-order valence-electron chi connectivity index (χ1n) is 6.97. The molecule has 106 valence electrons. The number of hydrogen-bond acceptors (Lipinski definition) is 3. The first-order chi connectivity index (χ1) is 9.58. The van der Waals surface area contributed by atoms with Crippen molar-refractivity contribution in [1.82, 2.24) is 14.5 Å². The van der Waals surface area contributed by atoms with Gasteiger partial charge >= 0.3 is 5.97 Å². The molecule has 1 atom stereocenters. The van der Waals surface area contributed by atoms with E-state index in [0.717, 1.165) is 42.8 Å². The largest absolute Gasteiger partial charge is 0.478 e. The minimum atomic E-state index is -0.888. The number of para-hydroxylation sites is 1. The van der Waals surface area contributed by atoms with E-state index in [2.05, 4.69) is 21.5 Å². The van der Waals surface area contributed by atoms with Crippen LogP contribution in [0, 0.1) is 6.92 Å². The molecule has 1 fully saturated rings. The molecule has 3 rings (SSSR count). The molecule has 1 aromatic carbocycles. The Kier molecular flexibility index (Phi) is 3.22. The van der Waals surface area contributed by atoms with Gasteiger partial charge in [0.15, 0.2) is 0 Å². The van der Waals surface area contributed by atoms with Gasteiger partial charge in [-0.15, -0.1) is 0 Å². The standard InChI is InChI=1S/C15H19N3O2/c1-10-16-13-7-3-6-12(15(19)20)14(13)18(10)11-5-4-8-17(2)9-11/h3,6-7,11H,4-5,8-9H2,1-2H3,(H,19,20). The molecule has 1 aromatic heterocycles. The minimum Gasteiger partial charge on any atom is -0.478 e. The number of nitrogens with zero attached hydrogens (tertiary/aromatic N) is 3. The van der Waals surface area contributed by atoms with Crippen molar-refractivity contribution in [1.29, 1.82) is 0 Å². The summed E-state index contributed by atoms with van der Waals surface area (Å²) in [5.74, 6) is 0.00918. The third kappa shape index (κ3) is 2.08. The molecule has 1 saturated heterocycles. The zero-order valence-electron chi connectivity index (χ0n) is 11.8. The Morgan fingerprint density at radius 1 is 1.45 bits per heavy atom. The molecule has 2 aromatic rings. The molecule has 1 unspecified atom stereocenters. The van der Waals surface area contributed by atoms with Crippen LogP contribution in [-0.4, -0.2) is 45.7 Å². The lowest BCUT2D eigenvalue weighted by atomic mass is 10.0. The van der Waals surface area contributed by atoms with Gasteiger partial charge in [-0.3, -0.25) is 0 Å². The summed E-state index contributed by atoms with van der Waals surface area (Å²) >= 11 is 0. The van der Waals surface area contributed by atoms with Gasteiger partial charge < -0.3 is 14.6 Å². The SMILES string of the molecule is Cc1nc2cccc(C(=O)O)c2n1C1CCCN(C)C1. The van der Waals surface area contributed by atoms with E-state index < -0.39 is 5.97 Å². The van der Waals surface area contributed by atoms with Crippen LogP contribution in [0.1, 0.15) is 35.1 Å². The fourth-order valence-electron chi connectivity index (χ4n) is 3.23. The predicted octanol–water partition coefficient (Wildman–Crippen LogP) is 2.31. The molecule has 1 N–H and O–H groups in total. The highest BCUT2D eigenvalue weighted by Gasteiger charge is 2.24.